The van der Waals surface area contributed by atoms with Crippen molar-refractivity contribution in [1.29, 1.82) is 0 Å². The molecule has 1 aliphatic rings. The Hall–Kier alpha value is -0.970. The summed E-state index contributed by atoms with van der Waals surface area (Å²) >= 11 is 1.75. The molecule has 3 nitrogen and oxygen atoms in total. The molecule has 0 aromatic carbocycles. The lowest BCUT2D eigenvalue weighted by Crippen LogP contribution is -2.44. The summed E-state index contributed by atoms with van der Waals surface area (Å²) in [6.07, 6.45) is 4.14. The van der Waals surface area contributed by atoms with Gasteiger partial charge < -0.3 is 10.1 Å². The van der Waals surface area contributed by atoms with Crippen molar-refractivity contribution in [3.8, 4) is 0 Å². The number of nitrogens with one attached hydrogen (secondary N) is 1. The van der Waals surface area contributed by atoms with Crippen molar-refractivity contribution in [3.05, 3.63) is 29.3 Å². The molecule has 3 rings (SSSR count). The molecular formula is C16H22N2OS. The van der Waals surface area contributed by atoms with Crippen molar-refractivity contribution >= 4 is 21.6 Å². The Morgan fingerprint density at radius 3 is 3.15 bits per heavy atom. The quantitative estimate of drug-likeness (QED) is 0.930. The Morgan fingerprint density at radius 1 is 1.50 bits per heavy atom. The van der Waals surface area contributed by atoms with E-state index in [-0.39, 0.29) is 5.60 Å². The molecule has 1 fully saturated rings. The number of nitrogens with zero attached hydrogens (tertiary/aromatic N) is 1. The van der Waals surface area contributed by atoms with E-state index in [1.165, 1.54) is 10.3 Å². The van der Waals surface area contributed by atoms with Gasteiger partial charge in [0.15, 0.2) is 0 Å². The molecule has 1 saturated heterocycles. The number of rotatable bonds is 3. The highest BCUT2D eigenvalue weighted by atomic mass is 32.1. The normalized spacial score (nSPS) is 23.9. The second-order valence-electron chi connectivity index (χ2n) is 6.26. The molecule has 2 atom stereocenters. The molecule has 20 heavy (non-hydrogen) atoms. The number of aromatic nitrogens is 1. The largest absolute Gasteiger partial charge is 0.375 e. The fourth-order valence-corrected chi connectivity index (χ4v) is 3.71. The van der Waals surface area contributed by atoms with E-state index in [9.17, 15) is 0 Å². The molecule has 0 aliphatic carbocycles. The smallest absolute Gasteiger partial charge is 0.0809 e. The van der Waals surface area contributed by atoms with E-state index in [1.807, 2.05) is 6.20 Å². The topological polar surface area (TPSA) is 34.1 Å². The number of thiophene rings is 1. The molecule has 0 amide bonds. The molecule has 0 radical (unpaired) electrons. The second-order valence-corrected chi connectivity index (χ2v) is 7.21. The van der Waals surface area contributed by atoms with Gasteiger partial charge in [-0.25, -0.2) is 0 Å². The van der Waals surface area contributed by atoms with Crippen LogP contribution in [0.15, 0.2) is 23.7 Å². The lowest BCUT2D eigenvalue weighted by atomic mass is 9.93. The first-order chi connectivity index (χ1) is 9.53. The minimum atomic E-state index is -0.00834. The average Bonchev–Trinajstić information content (AvgIpc) is 2.84. The molecule has 2 aromatic rings. The van der Waals surface area contributed by atoms with E-state index in [0.717, 1.165) is 25.0 Å². The fourth-order valence-electron chi connectivity index (χ4n) is 2.92. The Morgan fingerprint density at radius 2 is 2.35 bits per heavy atom. The van der Waals surface area contributed by atoms with Crippen LogP contribution in [0.25, 0.3) is 10.2 Å². The zero-order valence-corrected chi connectivity index (χ0v) is 13.2. The summed E-state index contributed by atoms with van der Waals surface area (Å²) in [6.45, 7) is 7.41. The molecule has 0 bridgehead atoms. The molecule has 2 unspecified atom stereocenters. The Kier molecular flexibility index (Phi) is 3.80. The maximum absolute atomic E-state index is 5.78. The summed E-state index contributed by atoms with van der Waals surface area (Å²) in [5.41, 5.74) is 2.35. The van der Waals surface area contributed by atoms with Crippen LogP contribution in [-0.4, -0.2) is 23.2 Å². The van der Waals surface area contributed by atoms with Gasteiger partial charge in [-0.1, -0.05) is 0 Å². The molecular weight excluding hydrogens is 268 g/mol. The molecule has 3 heterocycles. The lowest BCUT2D eigenvalue weighted by Gasteiger charge is -2.37. The van der Waals surface area contributed by atoms with Crippen molar-refractivity contribution in [3.63, 3.8) is 0 Å². The van der Waals surface area contributed by atoms with Gasteiger partial charge in [0, 0.05) is 24.9 Å². The lowest BCUT2D eigenvalue weighted by molar-refractivity contribution is -0.0639. The van der Waals surface area contributed by atoms with Crippen molar-refractivity contribution < 1.29 is 4.74 Å². The molecule has 0 spiro atoms. The molecule has 2 aromatic heterocycles. The third-order valence-electron chi connectivity index (χ3n) is 4.01. The van der Waals surface area contributed by atoms with Gasteiger partial charge in [-0.15, -0.1) is 11.3 Å². The number of fused-ring (bicyclic) bond motifs is 1. The van der Waals surface area contributed by atoms with Crippen LogP contribution in [-0.2, 0) is 4.74 Å². The first kappa shape index (κ1) is 14.0. The zero-order valence-electron chi connectivity index (χ0n) is 12.3. The molecule has 1 N–H and O–H groups in total. The average molecular weight is 290 g/mol. The standard InChI is InChI=1S/C16H22N2OS/c1-11(18-13-4-6-19-16(2,3)9-13)12-8-15-14(17-10-12)5-7-20-15/h5,7-8,10-11,13,18H,4,6,9H2,1-3H3. The predicted molar refractivity (Wildman–Crippen MR) is 84.2 cm³/mol. The third kappa shape index (κ3) is 3.03. The summed E-state index contributed by atoms with van der Waals surface area (Å²) < 4.78 is 7.05. The van der Waals surface area contributed by atoms with E-state index in [1.54, 1.807) is 11.3 Å². The fraction of sp³-hybridized carbons (Fsp3) is 0.562. The highest BCUT2D eigenvalue weighted by Gasteiger charge is 2.29. The van der Waals surface area contributed by atoms with E-state index >= 15 is 0 Å². The Bertz CT molecular complexity index is 593. The van der Waals surface area contributed by atoms with Crippen LogP contribution in [0.5, 0.6) is 0 Å². The van der Waals surface area contributed by atoms with E-state index < -0.39 is 0 Å². The summed E-state index contributed by atoms with van der Waals surface area (Å²) in [6, 6.07) is 5.18. The zero-order chi connectivity index (χ0) is 14.2. The van der Waals surface area contributed by atoms with Crippen LogP contribution in [0, 0.1) is 0 Å². The predicted octanol–water partition coefficient (Wildman–Crippen LogP) is 3.90. The van der Waals surface area contributed by atoms with Gasteiger partial charge in [-0.3, -0.25) is 4.98 Å². The van der Waals surface area contributed by atoms with E-state index in [2.05, 4.69) is 48.6 Å². The van der Waals surface area contributed by atoms with Gasteiger partial charge in [0.05, 0.1) is 15.8 Å². The second kappa shape index (κ2) is 5.43. The van der Waals surface area contributed by atoms with Crippen LogP contribution >= 0.6 is 11.3 Å². The minimum absolute atomic E-state index is 0.00834. The summed E-state index contributed by atoms with van der Waals surface area (Å²) in [4.78, 5) is 4.53. The number of hydrogen-bond acceptors (Lipinski definition) is 4. The first-order valence-corrected chi connectivity index (χ1v) is 8.15. The van der Waals surface area contributed by atoms with Crippen LogP contribution in [0.2, 0.25) is 0 Å². The summed E-state index contributed by atoms with van der Waals surface area (Å²) in [5.74, 6) is 0. The van der Waals surface area contributed by atoms with Crippen molar-refractivity contribution in [1.82, 2.24) is 10.3 Å². The van der Waals surface area contributed by atoms with Gasteiger partial charge in [0.25, 0.3) is 0 Å². The minimum Gasteiger partial charge on any atom is -0.375 e. The third-order valence-corrected chi connectivity index (χ3v) is 4.86. The van der Waals surface area contributed by atoms with Crippen LogP contribution < -0.4 is 5.32 Å². The van der Waals surface area contributed by atoms with Crippen molar-refractivity contribution in [2.45, 2.75) is 51.3 Å². The Balaban J connectivity index is 1.70. The van der Waals surface area contributed by atoms with Crippen LogP contribution in [0.4, 0.5) is 0 Å². The SMILES string of the molecule is CC(NC1CCOC(C)(C)C1)c1cnc2ccsc2c1. The van der Waals surface area contributed by atoms with Crippen LogP contribution in [0.1, 0.15) is 45.2 Å². The summed E-state index contributed by atoms with van der Waals surface area (Å²) in [5, 5.41) is 5.83. The van der Waals surface area contributed by atoms with Crippen molar-refractivity contribution in [2.75, 3.05) is 6.61 Å². The van der Waals surface area contributed by atoms with E-state index in [0.29, 0.717) is 12.1 Å². The molecule has 0 saturated carbocycles. The molecule has 4 heteroatoms. The molecule has 1 aliphatic heterocycles. The van der Waals surface area contributed by atoms with E-state index in [4.69, 9.17) is 4.74 Å². The summed E-state index contributed by atoms with van der Waals surface area (Å²) in [7, 11) is 0. The van der Waals surface area contributed by atoms with Crippen LogP contribution in [0.3, 0.4) is 0 Å². The maximum Gasteiger partial charge on any atom is 0.0809 e. The van der Waals surface area contributed by atoms with Gasteiger partial charge >= 0.3 is 0 Å². The van der Waals surface area contributed by atoms with Crippen molar-refractivity contribution in [2.24, 2.45) is 0 Å². The Labute approximate surface area is 124 Å². The van der Waals surface area contributed by atoms with Gasteiger partial charge in [-0.2, -0.15) is 0 Å². The number of ether oxygens (including phenoxy) is 1. The van der Waals surface area contributed by atoms with Gasteiger partial charge in [0.1, 0.15) is 0 Å². The first-order valence-electron chi connectivity index (χ1n) is 7.27. The van der Waals surface area contributed by atoms with Gasteiger partial charge in [-0.05, 0) is 56.7 Å². The monoisotopic (exact) mass is 290 g/mol. The maximum atomic E-state index is 5.78. The molecule has 108 valence electrons. The highest BCUT2D eigenvalue weighted by Crippen LogP contribution is 2.27. The highest BCUT2D eigenvalue weighted by molar-refractivity contribution is 7.17. The van der Waals surface area contributed by atoms with Gasteiger partial charge in [0.2, 0.25) is 0 Å². The number of hydrogen-bond donors (Lipinski definition) is 1. The number of pyridine rings is 1.